The van der Waals surface area contributed by atoms with E-state index in [0.29, 0.717) is 16.6 Å². The van der Waals surface area contributed by atoms with E-state index in [1.54, 1.807) is 0 Å². The minimum atomic E-state index is -3.30. The van der Waals surface area contributed by atoms with Crippen molar-refractivity contribution >= 4 is 33.0 Å². The van der Waals surface area contributed by atoms with Gasteiger partial charge in [0.15, 0.2) is 9.84 Å². The van der Waals surface area contributed by atoms with Crippen LogP contribution >= 0.6 is 11.6 Å². The molecule has 4 nitrogen and oxygen atoms in total. The molecule has 0 unspecified atom stereocenters. The van der Waals surface area contributed by atoms with Gasteiger partial charge in [0, 0.05) is 12.2 Å². The molecular weight excluding hydrogens is 274 g/mol. The zero-order valence-corrected chi connectivity index (χ0v) is 11.7. The van der Waals surface area contributed by atoms with Crippen LogP contribution < -0.4 is 5.32 Å². The number of rotatable bonds is 3. The summed E-state index contributed by atoms with van der Waals surface area (Å²) in [5, 5.41) is 3.02. The second-order valence-electron chi connectivity index (χ2n) is 4.72. The van der Waals surface area contributed by atoms with Crippen LogP contribution in [0, 0.1) is 11.8 Å². The molecule has 1 aliphatic rings. The highest BCUT2D eigenvalue weighted by molar-refractivity contribution is 7.90. The predicted octanol–water partition coefficient (Wildman–Crippen LogP) is 2.34. The van der Waals surface area contributed by atoms with E-state index >= 15 is 0 Å². The third-order valence-corrected chi connectivity index (χ3v) is 4.51. The number of hydrogen-bond donors (Lipinski definition) is 1. The van der Waals surface area contributed by atoms with E-state index in [1.165, 1.54) is 18.2 Å². The van der Waals surface area contributed by atoms with Crippen LogP contribution in [0.5, 0.6) is 0 Å². The molecule has 1 N–H and O–H groups in total. The molecule has 0 bridgehead atoms. The summed E-state index contributed by atoms with van der Waals surface area (Å²) in [7, 11) is -3.30. The fourth-order valence-electron chi connectivity index (χ4n) is 1.74. The Morgan fingerprint density at radius 2 is 2.06 bits per heavy atom. The van der Waals surface area contributed by atoms with Crippen molar-refractivity contribution in [2.75, 3.05) is 11.6 Å². The van der Waals surface area contributed by atoms with Crippen molar-refractivity contribution in [3.63, 3.8) is 0 Å². The standard InChI is InChI=1S/C12H14ClNO3S/c1-7-5-9(7)12(15)14-11-6-8(18(2,16)17)3-4-10(11)13/h3-4,6-7,9H,5H2,1-2H3,(H,14,15)/t7-,9-/m1/s1. The number of carbonyl (C=O) groups excluding carboxylic acids is 1. The van der Waals surface area contributed by atoms with Gasteiger partial charge in [-0.05, 0) is 30.5 Å². The van der Waals surface area contributed by atoms with Crippen molar-refractivity contribution < 1.29 is 13.2 Å². The molecule has 2 atom stereocenters. The van der Waals surface area contributed by atoms with Gasteiger partial charge in [-0.15, -0.1) is 0 Å². The topological polar surface area (TPSA) is 63.2 Å². The average Bonchev–Trinajstić information content (AvgIpc) is 2.97. The first-order valence-corrected chi connectivity index (χ1v) is 7.86. The molecule has 1 saturated carbocycles. The van der Waals surface area contributed by atoms with E-state index in [2.05, 4.69) is 5.32 Å². The minimum Gasteiger partial charge on any atom is -0.324 e. The quantitative estimate of drug-likeness (QED) is 0.928. The first kappa shape index (κ1) is 13.4. The molecule has 0 spiro atoms. The lowest BCUT2D eigenvalue weighted by atomic mass is 10.2. The fraction of sp³-hybridized carbons (Fsp3) is 0.417. The van der Waals surface area contributed by atoms with Gasteiger partial charge in [0.2, 0.25) is 5.91 Å². The molecule has 0 saturated heterocycles. The summed E-state index contributed by atoms with van der Waals surface area (Å²) in [6.07, 6.45) is 1.99. The van der Waals surface area contributed by atoms with Crippen LogP contribution in [0.25, 0.3) is 0 Å². The number of amides is 1. The Morgan fingerprint density at radius 1 is 1.44 bits per heavy atom. The molecule has 0 heterocycles. The zero-order chi connectivity index (χ0) is 13.5. The molecule has 1 aromatic rings. The maximum absolute atomic E-state index is 11.8. The van der Waals surface area contributed by atoms with Gasteiger partial charge >= 0.3 is 0 Å². The first-order chi connectivity index (χ1) is 8.29. The summed E-state index contributed by atoms with van der Waals surface area (Å²) < 4.78 is 22.8. The van der Waals surface area contributed by atoms with Gasteiger partial charge < -0.3 is 5.32 Å². The summed E-state index contributed by atoms with van der Waals surface area (Å²) in [6, 6.07) is 4.29. The van der Waals surface area contributed by atoms with Gasteiger partial charge in [-0.2, -0.15) is 0 Å². The molecule has 18 heavy (non-hydrogen) atoms. The average molecular weight is 288 g/mol. The Kier molecular flexibility index (Phi) is 3.38. The van der Waals surface area contributed by atoms with Gasteiger partial charge in [-0.3, -0.25) is 4.79 Å². The van der Waals surface area contributed by atoms with Gasteiger partial charge in [0.05, 0.1) is 15.6 Å². The van der Waals surface area contributed by atoms with Crippen LogP contribution in [0.4, 0.5) is 5.69 Å². The summed E-state index contributed by atoms with van der Waals surface area (Å²) in [6.45, 7) is 2.00. The lowest BCUT2D eigenvalue weighted by Crippen LogP contribution is -2.15. The highest BCUT2D eigenvalue weighted by Crippen LogP contribution is 2.39. The summed E-state index contributed by atoms with van der Waals surface area (Å²) >= 11 is 5.94. The number of hydrogen-bond acceptors (Lipinski definition) is 3. The maximum Gasteiger partial charge on any atom is 0.227 e. The smallest absolute Gasteiger partial charge is 0.227 e. The first-order valence-electron chi connectivity index (χ1n) is 5.59. The molecular formula is C12H14ClNO3S. The van der Waals surface area contributed by atoms with Crippen molar-refractivity contribution in [1.82, 2.24) is 0 Å². The van der Waals surface area contributed by atoms with Crippen LogP contribution in [-0.2, 0) is 14.6 Å². The number of halogens is 1. The Bertz CT molecular complexity index is 597. The van der Waals surface area contributed by atoms with E-state index in [9.17, 15) is 13.2 Å². The molecule has 0 aromatic heterocycles. The van der Waals surface area contributed by atoms with E-state index in [1.807, 2.05) is 6.92 Å². The van der Waals surface area contributed by atoms with Gasteiger partial charge in [-0.1, -0.05) is 18.5 Å². The lowest BCUT2D eigenvalue weighted by molar-refractivity contribution is -0.117. The lowest BCUT2D eigenvalue weighted by Gasteiger charge is -2.08. The molecule has 98 valence electrons. The Labute approximate surface area is 111 Å². The summed E-state index contributed by atoms with van der Waals surface area (Å²) in [5.74, 6) is 0.305. The van der Waals surface area contributed by atoms with Gasteiger partial charge in [0.25, 0.3) is 0 Å². The Hall–Kier alpha value is -1.07. The molecule has 6 heteroatoms. The number of sulfone groups is 1. The number of carbonyl (C=O) groups is 1. The maximum atomic E-state index is 11.8. The number of benzene rings is 1. The second kappa shape index (κ2) is 4.55. The van der Waals surface area contributed by atoms with Gasteiger partial charge in [0.1, 0.15) is 0 Å². The van der Waals surface area contributed by atoms with Crippen LogP contribution in [0.15, 0.2) is 23.1 Å². The highest BCUT2D eigenvalue weighted by Gasteiger charge is 2.39. The molecule has 0 aliphatic heterocycles. The minimum absolute atomic E-state index is 0.0166. The Balaban J connectivity index is 2.24. The predicted molar refractivity (Wildman–Crippen MR) is 70.5 cm³/mol. The molecule has 1 fully saturated rings. The third-order valence-electron chi connectivity index (χ3n) is 3.07. The van der Waals surface area contributed by atoms with Crippen molar-refractivity contribution in [3.05, 3.63) is 23.2 Å². The Morgan fingerprint density at radius 3 is 2.56 bits per heavy atom. The molecule has 0 radical (unpaired) electrons. The van der Waals surface area contributed by atoms with Crippen LogP contribution in [0.1, 0.15) is 13.3 Å². The summed E-state index contributed by atoms with van der Waals surface area (Å²) in [5.41, 5.74) is 0.351. The third kappa shape index (κ3) is 2.84. The molecule has 1 aliphatic carbocycles. The van der Waals surface area contributed by atoms with Crippen LogP contribution in [-0.4, -0.2) is 20.6 Å². The van der Waals surface area contributed by atoms with E-state index in [4.69, 9.17) is 11.6 Å². The summed E-state index contributed by atoms with van der Waals surface area (Å²) in [4.78, 5) is 11.9. The number of anilines is 1. The highest BCUT2D eigenvalue weighted by atomic mass is 35.5. The van der Waals surface area contributed by atoms with E-state index in [0.717, 1.165) is 12.7 Å². The monoisotopic (exact) mass is 287 g/mol. The zero-order valence-electron chi connectivity index (χ0n) is 10.1. The molecule has 2 rings (SSSR count). The van der Waals surface area contributed by atoms with Crippen LogP contribution in [0.2, 0.25) is 5.02 Å². The van der Waals surface area contributed by atoms with Crippen molar-refractivity contribution in [1.29, 1.82) is 0 Å². The van der Waals surface area contributed by atoms with Crippen molar-refractivity contribution in [2.45, 2.75) is 18.2 Å². The normalized spacial score (nSPS) is 22.6. The number of nitrogens with one attached hydrogen (secondary N) is 1. The van der Waals surface area contributed by atoms with Crippen molar-refractivity contribution in [2.24, 2.45) is 11.8 Å². The molecule has 1 amide bonds. The van der Waals surface area contributed by atoms with E-state index < -0.39 is 9.84 Å². The largest absolute Gasteiger partial charge is 0.324 e. The van der Waals surface area contributed by atoms with Gasteiger partial charge in [-0.25, -0.2) is 8.42 Å². The van der Waals surface area contributed by atoms with Crippen LogP contribution in [0.3, 0.4) is 0 Å². The SMILES string of the molecule is C[C@@H]1C[C@H]1C(=O)Nc1cc(S(C)(=O)=O)ccc1Cl. The van der Waals surface area contributed by atoms with E-state index in [-0.39, 0.29) is 16.7 Å². The fourth-order valence-corrected chi connectivity index (χ4v) is 2.56. The second-order valence-corrected chi connectivity index (χ2v) is 7.15. The molecule has 1 aromatic carbocycles. The van der Waals surface area contributed by atoms with Crippen molar-refractivity contribution in [3.8, 4) is 0 Å².